The first kappa shape index (κ1) is 18.4. The van der Waals surface area contributed by atoms with E-state index in [2.05, 4.69) is 4.98 Å². The standard InChI is InChI=1S/C24H18N2O3S/c1-28-21-13-17(11-12-20(21)29-15-16-7-3-2-4-8-16)14-22-23(27)26-19-10-6-5-9-18(19)25-24(26)30-22/h2-14H,15H2,1H3/b22-14-. The number of rotatable bonds is 5. The lowest BCUT2D eigenvalue weighted by Gasteiger charge is -2.11. The zero-order chi connectivity index (χ0) is 20.5. The van der Waals surface area contributed by atoms with Crippen molar-refractivity contribution >= 4 is 33.4 Å². The molecule has 5 nitrogen and oxygen atoms in total. The number of fused-ring (bicyclic) bond motifs is 3. The van der Waals surface area contributed by atoms with Crippen LogP contribution in [0.1, 0.15) is 11.1 Å². The van der Waals surface area contributed by atoms with E-state index in [1.165, 1.54) is 11.3 Å². The van der Waals surface area contributed by atoms with Crippen LogP contribution in [0.5, 0.6) is 11.5 Å². The summed E-state index contributed by atoms with van der Waals surface area (Å²) in [5.74, 6) is 1.28. The van der Waals surface area contributed by atoms with Crippen molar-refractivity contribution in [2.45, 2.75) is 6.61 Å². The number of para-hydroxylation sites is 2. The highest BCUT2D eigenvalue weighted by molar-refractivity contribution is 7.15. The highest BCUT2D eigenvalue weighted by atomic mass is 32.1. The molecule has 2 heterocycles. The normalized spacial score (nSPS) is 12.0. The Labute approximate surface area is 176 Å². The minimum absolute atomic E-state index is 0.0629. The Balaban J connectivity index is 1.49. The third kappa shape index (κ3) is 3.31. The number of thiazole rings is 1. The Hall–Kier alpha value is -3.64. The van der Waals surface area contributed by atoms with Crippen molar-refractivity contribution in [3.8, 4) is 11.5 Å². The second kappa shape index (κ2) is 7.65. The van der Waals surface area contributed by atoms with Crippen LogP contribution in [0.3, 0.4) is 0 Å². The molecule has 0 aliphatic rings. The van der Waals surface area contributed by atoms with Crippen molar-refractivity contribution in [3.05, 3.63) is 98.8 Å². The quantitative estimate of drug-likeness (QED) is 0.436. The summed E-state index contributed by atoms with van der Waals surface area (Å²) in [5, 5.41) is 0. The first-order valence-corrected chi connectivity index (χ1v) is 10.3. The van der Waals surface area contributed by atoms with E-state index in [0.29, 0.717) is 27.6 Å². The summed E-state index contributed by atoms with van der Waals surface area (Å²) < 4.78 is 13.7. The van der Waals surface area contributed by atoms with Gasteiger partial charge >= 0.3 is 0 Å². The molecule has 0 bridgehead atoms. The van der Waals surface area contributed by atoms with Crippen LogP contribution in [0, 0.1) is 0 Å². The van der Waals surface area contributed by atoms with Gasteiger partial charge in [-0.05, 0) is 41.5 Å². The van der Waals surface area contributed by atoms with Crippen LogP contribution in [-0.4, -0.2) is 16.5 Å². The minimum atomic E-state index is -0.0629. The van der Waals surface area contributed by atoms with E-state index in [4.69, 9.17) is 9.47 Å². The second-order valence-electron chi connectivity index (χ2n) is 6.82. The molecule has 0 aliphatic carbocycles. The van der Waals surface area contributed by atoms with Crippen LogP contribution in [0.4, 0.5) is 0 Å². The lowest BCUT2D eigenvalue weighted by molar-refractivity contribution is 0.284. The van der Waals surface area contributed by atoms with E-state index < -0.39 is 0 Å². The van der Waals surface area contributed by atoms with E-state index in [1.54, 1.807) is 11.5 Å². The first-order valence-electron chi connectivity index (χ1n) is 9.49. The van der Waals surface area contributed by atoms with E-state index in [1.807, 2.05) is 78.9 Å². The molecule has 5 aromatic rings. The number of benzene rings is 3. The van der Waals surface area contributed by atoms with E-state index in [-0.39, 0.29) is 5.56 Å². The maximum atomic E-state index is 12.9. The summed E-state index contributed by atoms with van der Waals surface area (Å²) in [6.07, 6.45) is 1.86. The van der Waals surface area contributed by atoms with Gasteiger partial charge in [-0.1, -0.05) is 59.9 Å². The van der Waals surface area contributed by atoms with Gasteiger partial charge in [-0.3, -0.25) is 4.79 Å². The Morgan fingerprint density at radius 2 is 1.80 bits per heavy atom. The first-order chi connectivity index (χ1) is 14.7. The summed E-state index contributed by atoms with van der Waals surface area (Å²) in [7, 11) is 1.61. The highest BCUT2D eigenvalue weighted by Crippen LogP contribution is 2.29. The average Bonchev–Trinajstić information content (AvgIpc) is 3.29. The molecular formula is C24H18N2O3S. The van der Waals surface area contributed by atoms with Gasteiger partial charge in [0.1, 0.15) is 6.61 Å². The third-order valence-corrected chi connectivity index (χ3v) is 5.84. The van der Waals surface area contributed by atoms with Crippen LogP contribution >= 0.6 is 11.3 Å². The van der Waals surface area contributed by atoms with E-state index in [0.717, 1.165) is 22.2 Å². The lowest BCUT2D eigenvalue weighted by atomic mass is 10.2. The highest BCUT2D eigenvalue weighted by Gasteiger charge is 2.11. The Kier molecular flexibility index (Phi) is 4.69. The summed E-state index contributed by atoms with van der Waals surface area (Å²) >= 11 is 1.38. The molecule has 2 aromatic heterocycles. The van der Waals surface area contributed by atoms with Crippen molar-refractivity contribution in [1.29, 1.82) is 0 Å². The van der Waals surface area contributed by atoms with Gasteiger partial charge in [0.25, 0.3) is 5.56 Å². The van der Waals surface area contributed by atoms with Crippen molar-refractivity contribution < 1.29 is 9.47 Å². The number of aromatic nitrogens is 2. The maximum Gasteiger partial charge on any atom is 0.274 e. The zero-order valence-corrected chi connectivity index (χ0v) is 17.1. The summed E-state index contributed by atoms with van der Waals surface area (Å²) in [4.78, 5) is 18.2. The van der Waals surface area contributed by atoms with Gasteiger partial charge in [0.2, 0.25) is 0 Å². The third-order valence-electron chi connectivity index (χ3n) is 4.87. The number of hydrogen-bond donors (Lipinski definition) is 0. The van der Waals surface area contributed by atoms with Crippen LogP contribution in [0.25, 0.3) is 22.1 Å². The predicted octanol–water partition coefficient (Wildman–Crippen LogP) is 4.04. The van der Waals surface area contributed by atoms with Crippen molar-refractivity contribution in [2.75, 3.05) is 7.11 Å². The molecule has 6 heteroatoms. The zero-order valence-electron chi connectivity index (χ0n) is 16.2. The van der Waals surface area contributed by atoms with Crippen molar-refractivity contribution in [1.82, 2.24) is 9.38 Å². The number of ether oxygens (including phenoxy) is 2. The fourth-order valence-corrected chi connectivity index (χ4v) is 4.38. The molecule has 0 saturated carbocycles. The van der Waals surface area contributed by atoms with Gasteiger partial charge in [0.15, 0.2) is 16.5 Å². The van der Waals surface area contributed by atoms with Crippen LogP contribution < -0.4 is 19.6 Å². The van der Waals surface area contributed by atoms with Crippen molar-refractivity contribution in [2.24, 2.45) is 0 Å². The summed E-state index contributed by atoms with van der Waals surface area (Å²) in [5.41, 5.74) is 3.54. The van der Waals surface area contributed by atoms with Crippen LogP contribution in [-0.2, 0) is 6.61 Å². The smallest absolute Gasteiger partial charge is 0.274 e. The topological polar surface area (TPSA) is 52.8 Å². The number of nitrogens with zero attached hydrogens (tertiary/aromatic N) is 2. The molecule has 0 aliphatic heterocycles. The molecule has 0 amide bonds. The van der Waals surface area contributed by atoms with Crippen LogP contribution in [0.2, 0.25) is 0 Å². The number of imidazole rings is 1. The minimum Gasteiger partial charge on any atom is -0.493 e. The molecule has 0 N–H and O–H groups in total. The molecule has 0 saturated heterocycles. The Morgan fingerprint density at radius 1 is 1.00 bits per heavy atom. The molecule has 3 aromatic carbocycles. The lowest BCUT2D eigenvalue weighted by Crippen LogP contribution is -2.22. The van der Waals surface area contributed by atoms with E-state index >= 15 is 0 Å². The molecule has 5 rings (SSSR count). The van der Waals surface area contributed by atoms with Gasteiger partial charge in [0, 0.05) is 0 Å². The molecule has 0 atom stereocenters. The Bertz CT molecular complexity index is 1450. The monoisotopic (exact) mass is 414 g/mol. The maximum absolute atomic E-state index is 12.9. The molecule has 30 heavy (non-hydrogen) atoms. The predicted molar refractivity (Wildman–Crippen MR) is 119 cm³/mol. The molecule has 0 unspecified atom stereocenters. The summed E-state index contributed by atoms with van der Waals surface area (Å²) in [6, 6.07) is 23.3. The van der Waals surface area contributed by atoms with Gasteiger partial charge < -0.3 is 9.47 Å². The SMILES string of the molecule is COc1cc(/C=c2\sc3nc4ccccc4n3c2=O)ccc1OCc1ccccc1. The van der Waals surface area contributed by atoms with Crippen molar-refractivity contribution in [3.63, 3.8) is 0 Å². The van der Waals surface area contributed by atoms with Gasteiger partial charge in [-0.15, -0.1) is 0 Å². The molecular weight excluding hydrogens is 396 g/mol. The van der Waals surface area contributed by atoms with Gasteiger partial charge in [-0.25, -0.2) is 9.38 Å². The van der Waals surface area contributed by atoms with Gasteiger partial charge in [0.05, 0.1) is 22.7 Å². The number of hydrogen-bond acceptors (Lipinski definition) is 5. The van der Waals surface area contributed by atoms with E-state index in [9.17, 15) is 4.79 Å². The Morgan fingerprint density at radius 3 is 2.63 bits per heavy atom. The fourth-order valence-electron chi connectivity index (χ4n) is 3.39. The fraction of sp³-hybridized carbons (Fsp3) is 0.0833. The van der Waals surface area contributed by atoms with Gasteiger partial charge in [-0.2, -0.15) is 0 Å². The molecule has 0 fully saturated rings. The largest absolute Gasteiger partial charge is 0.493 e. The van der Waals surface area contributed by atoms with Crippen LogP contribution in [0.15, 0.2) is 77.6 Å². The average molecular weight is 414 g/mol. The number of methoxy groups -OCH3 is 1. The molecule has 0 spiro atoms. The molecule has 148 valence electrons. The summed E-state index contributed by atoms with van der Waals surface area (Å²) in [6.45, 7) is 0.458. The molecule has 0 radical (unpaired) electrons. The second-order valence-corrected chi connectivity index (χ2v) is 7.83.